The van der Waals surface area contributed by atoms with Crippen molar-refractivity contribution in [3.8, 4) is 0 Å². The van der Waals surface area contributed by atoms with Crippen molar-refractivity contribution in [2.45, 2.75) is 53.2 Å². The Bertz CT molecular complexity index is 375. The number of rotatable bonds is 6. The molecule has 0 radical (unpaired) electrons. The van der Waals surface area contributed by atoms with Crippen molar-refractivity contribution < 1.29 is 4.39 Å². The molecule has 0 heterocycles. The summed E-state index contributed by atoms with van der Waals surface area (Å²) in [5, 5.41) is 3.29. The van der Waals surface area contributed by atoms with E-state index in [2.05, 4.69) is 37.9 Å². The predicted octanol–water partition coefficient (Wildman–Crippen LogP) is 3.56. The molecule has 102 valence electrons. The summed E-state index contributed by atoms with van der Waals surface area (Å²) in [5.41, 5.74) is 1.69. The summed E-state index contributed by atoms with van der Waals surface area (Å²) >= 11 is 0. The van der Waals surface area contributed by atoms with Gasteiger partial charge in [0, 0.05) is 25.2 Å². The minimum Gasteiger partial charge on any atom is -0.367 e. The lowest BCUT2D eigenvalue weighted by atomic mass is 10.1. The van der Waals surface area contributed by atoms with Gasteiger partial charge < -0.3 is 10.2 Å². The Balaban J connectivity index is 2.85. The summed E-state index contributed by atoms with van der Waals surface area (Å²) in [5.74, 6) is -0.131. The lowest BCUT2D eigenvalue weighted by molar-refractivity contribution is 0.577. The van der Waals surface area contributed by atoms with Crippen molar-refractivity contribution in [1.29, 1.82) is 0 Å². The van der Waals surface area contributed by atoms with Gasteiger partial charge in [0.15, 0.2) is 0 Å². The first-order chi connectivity index (χ1) is 8.45. The Hall–Kier alpha value is -1.09. The molecule has 1 aromatic carbocycles. The topological polar surface area (TPSA) is 15.3 Å². The van der Waals surface area contributed by atoms with Crippen LogP contribution < -0.4 is 10.2 Å². The average Bonchev–Trinajstić information content (AvgIpc) is 2.29. The molecular weight excluding hydrogens is 227 g/mol. The van der Waals surface area contributed by atoms with Crippen LogP contribution in [0.1, 0.15) is 40.2 Å². The zero-order valence-corrected chi connectivity index (χ0v) is 12.1. The number of nitrogens with one attached hydrogen (secondary N) is 1. The second kappa shape index (κ2) is 6.74. The molecule has 18 heavy (non-hydrogen) atoms. The molecule has 0 amide bonds. The first-order valence-corrected chi connectivity index (χ1v) is 6.74. The van der Waals surface area contributed by atoms with E-state index in [1.165, 1.54) is 0 Å². The third-order valence-corrected chi connectivity index (χ3v) is 3.00. The molecule has 2 nitrogen and oxygen atoms in total. The van der Waals surface area contributed by atoms with E-state index in [1.54, 1.807) is 6.07 Å². The molecule has 0 aliphatic carbocycles. The van der Waals surface area contributed by atoms with E-state index in [4.69, 9.17) is 0 Å². The molecule has 0 saturated heterocycles. The molecule has 0 bridgehead atoms. The Labute approximate surface area is 110 Å². The van der Waals surface area contributed by atoms with Crippen molar-refractivity contribution in [2.75, 3.05) is 11.4 Å². The van der Waals surface area contributed by atoms with E-state index in [9.17, 15) is 4.39 Å². The van der Waals surface area contributed by atoms with E-state index < -0.39 is 0 Å². The molecule has 0 aromatic heterocycles. The number of halogens is 1. The van der Waals surface area contributed by atoms with Crippen LogP contribution in [-0.2, 0) is 6.54 Å². The SMILES string of the molecule is CCN(c1ccc(CNC(C)C)cc1F)C(C)C. The van der Waals surface area contributed by atoms with E-state index in [0.717, 1.165) is 12.1 Å². The van der Waals surface area contributed by atoms with Crippen molar-refractivity contribution in [3.63, 3.8) is 0 Å². The highest BCUT2D eigenvalue weighted by Gasteiger charge is 2.13. The summed E-state index contributed by atoms with van der Waals surface area (Å²) in [6.07, 6.45) is 0. The summed E-state index contributed by atoms with van der Waals surface area (Å²) < 4.78 is 14.1. The Kier molecular flexibility index (Phi) is 5.60. The molecule has 0 spiro atoms. The van der Waals surface area contributed by atoms with Gasteiger partial charge in [0.2, 0.25) is 0 Å². The van der Waals surface area contributed by atoms with Crippen molar-refractivity contribution in [3.05, 3.63) is 29.6 Å². The smallest absolute Gasteiger partial charge is 0.146 e. The van der Waals surface area contributed by atoms with Gasteiger partial charge in [-0.3, -0.25) is 0 Å². The Morgan fingerprint density at radius 3 is 2.33 bits per heavy atom. The van der Waals surface area contributed by atoms with E-state index in [-0.39, 0.29) is 5.82 Å². The third kappa shape index (κ3) is 3.98. The highest BCUT2D eigenvalue weighted by atomic mass is 19.1. The summed E-state index contributed by atoms with van der Waals surface area (Å²) in [6, 6.07) is 6.24. The quantitative estimate of drug-likeness (QED) is 0.833. The molecule has 3 heteroatoms. The largest absolute Gasteiger partial charge is 0.367 e. The van der Waals surface area contributed by atoms with Gasteiger partial charge in [-0.05, 0) is 38.5 Å². The standard InChI is InChI=1S/C15H25FN2/c1-6-18(12(4)5)15-8-7-13(9-14(15)16)10-17-11(2)3/h7-9,11-12,17H,6,10H2,1-5H3. The molecule has 0 aliphatic rings. The molecule has 1 aromatic rings. The molecule has 0 fully saturated rings. The fraction of sp³-hybridized carbons (Fsp3) is 0.600. The first kappa shape index (κ1) is 15.0. The van der Waals surface area contributed by atoms with Crippen LogP contribution in [0.4, 0.5) is 10.1 Å². The molecule has 0 atom stereocenters. The number of nitrogens with zero attached hydrogens (tertiary/aromatic N) is 1. The Morgan fingerprint density at radius 2 is 1.89 bits per heavy atom. The second-order valence-corrected chi connectivity index (χ2v) is 5.20. The molecule has 0 unspecified atom stereocenters. The number of anilines is 1. The maximum atomic E-state index is 14.1. The highest BCUT2D eigenvalue weighted by molar-refractivity contribution is 5.49. The van der Waals surface area contributed by atoms with Crippen molar-refractivity contribution >= 4 is 5.69 Å². The zero-order chi connectivity index (χ0) is 13.7. The number of benzene rings is 1. The minimum atomic E-state index is -0.131. The van der Waals surface area contributed by atoms with Gasteiger partial charge in [-0.15, -0.1) is 0 Å². The number of hydrogen-bond acceptors (Lipinski definition) is 2. The van der Waals surface area contributed by atoms with Gasteiger partial charge in [-0.1, -0.05) is 19.9 Å². The summed E-state index contributed by atoms with van der Waals surface area (Å²) in [6.45, 7) is 11.9. The lowest BCUT2D eigenvalue weighted by Crippen LogP contribution is -2.31. The van der Waals surface area contributed by atoms with Crippen LogP contribution in [0.25, 0.3) is 0 Å². The maximum absolute atomic E-state index is 14.1. The van der Waals surface area contributed by atoms with Gasteiger partial charge in [0.1, 0.15) is 5.82 Å². The minimum absolute atomic E-state index is 0.131. The van der Waals surface area contributed by atoms with Crippen LogP contribution in [0.2, 0.25) is 0 Å². The van der Waals surface area contributed by atoms with Gasteiger partial charge in [-0.25, -0.2) is 4.39 Å². The summed E-state index contributed by atoms with van der Waals surface area (Å²) in [4.78, 5) is 2.06. The molecule has 1 rings (SSSR count). The lowest BCUT2D eigenvalue weighted by Gasteiger charge is -2.28. The van der Waals surface area contributed by atoms with Crippen molar-refractivity contribution in [2.24, 2.45) is 0 Å². The van der Waals surface area contributed by atoms with E-state index >= 15 is 0 Å². The zero-order valence-electron chi connectivity index (χ0n) is 12.1. The van der Waals surface area contributed by atoms with Crippen LogP contribution in [0.15, 0.2) is 18.2 Å². The van der Waals surface area contributed by atoms with Gasteiger partial charge in [-0.2, -0.15) is 0 Å². The van der Waals surface area contributed by atoms with Crippen LogP contribution in [-0.4, -0.2) is 18.6 Å². The fourth-order valence-corrected chi connectivity index (χ4v) is 2.03. The maximum Gasteiger partial charge on any atom is 0.146 e. The average molecular weight is 252 g/mol. The van der Waals surface area contributed by atoms with E-state index in [1.807, 2.05) is 19.1 Å². The first-order valence-electron chi connectivity index (χ1n) is 6.74. The van der Waals surface area contributed by atoms with Crippen LogP contribution in [0.5, 0.6) is 0 Å². The Morgan fingerprint density at radius 1 is 1.22 bits per heavy atom. The van der Waals surface area contributed by atoms with E-state index in [0.29, 0.717) is 24.3 Å². The molecular formula is C15H25FN2. The fourth-order valence-electron chi connectivity index (χ4n) is 2.03. The molecule has 0 aliphatic heterocycles. The van der Waals surface area contributed by atoms with Gasteiger partial charge >= 0.3 is 0 Å². The van der Waals surface area contributed by atoms with Gasteiger partial charge in [0.25, 0.3) is 0 Å². The van der Waals surface area contributed by atoms with Crippen molar-refractivity contribution in [1.82, 2.24) is 5.32 Å². The van der Waals surface area contributed by atoms with Gasteiger partial charge in [0.05, 0.1) is 5.69 Å². The second-order valence-electron chi connectivity index (χ2n) is 5.20. The predicted molar refractivity (Wildman–Crippen MR) is 76.5 cm³/mol. The summed E-state index contributed by atoms with van der Waals surface area (Å²) in [7, 11) is 0. The third-order valence-electron chi connectivity index (χ3n) is 3.00. The number of hydrogen-bond donors (Lipinski definition) is 1. The molecule has 0 saturated carbocycles. The monoisotopic (exact) mass is 252 g/mol. The molecule has 1 N–H and O–H groups in total. The van der Waals surface area contributed by atoms with Crippen LogP contribution in [0, 0.1) is 5.82 Å². The van der Waals surface area contributed by atoms with Crippen LogP contribution >= 0.6 is 0 Å². The normalized spacial score (nSPS) is 11.3. The highest BCUT2D eigenvalue weighted by Crippen LogP contribution is 2.22. The van der Waals surface area contributed by atoms with Crippen LogP contribution in [0.3, 0.4) is 0 Å².